The summed E-state index contributed by atoms with van der Waals surface area (Å²) in [5, 5.41) is 4.08. The molecule has 3 aliphatic rings. The van der Waals surface area contributed by atoms with Crippen molar-refractivity contribution in [3.63, 3.8) is 0 Å². The number of amides is 1. The number of nitrogens with zero attached hydrogens (tertiary/aromatic N) is 1. The Morgan fingerprint density at radius 2 is 1.90 bits per heavy atom. The van der Waals surface area contributed by atoms with E-state index < -0.39 is 0 Å². The minimum absolute atomic E-state index is 0.0500. The van der Waals surface area contributed by atoms with Crippen molar-refractivity contribution in [1.29, 1.82) is 0 Å². The van der Waals surface area contributed by atoms with Gasteiger partial charge in [-0.25, -0.2) is 0 Å². The van der Waals surface area contributed by atoms with Crippen LogP contribution in [0.5, 0.6) is 0 Å². The molecule has 0 aromatic heterocycles. The van der Waals surface area contributed by atoms with Gasteiger partial charge in [-0.2, -0.15) is 0 Å². The molecule has 0 bridgehead atoms. The number of carbonyl (C=O) groups excluding carboxylic acids is 1. The Balaban J connectivity index is 1.49. The standard InChI is InChI=1S/C17H21ClN2O/c18-14-5-2-1-4-13(14)17(8-9-17)15(21)19-16(6-7-16)12-20-10-3-11-20/h1-2,4-5H,3,6-12H2,(H,19,21). The van der Waals surface area contributed by atoms with Gasteiger partial charge in [0.2, 0.25) is 5.91 Å². The lowest BCUT2D eigenvalue weighted by Gasteiger charge is -2.35. The number of rotatable bonds is 5. The summed E-state index contributed by atoms with van der Waals surface area (Å²) in [4.78, 5) is 15.3. The van der Waals surface area contributed by atoms with Crippen LogP contribution in [-0.4, -0.2) is 36.0 Å². The van der Waals surface area contributed by atoms with Gasteiger partial charge in [0.25, 0.3) is 0 Å². The first-order valence-electron chi connectivity index (χ1n) is 7.94. The first-order valence-corrected chi connectivity index (χ1v) is 8.31. The molecule has 1 aliphatic heterocycles. The summed E-state index contributed by atoms with van der Waals surface area (Å²) in [6, 6.07) is 7.79. The predicted molar refractivity (Wildman–Crippen MR) is 83.5 cm³/mol. The first-order chi connectivity index (χ1) is 10.1. The monoisotopic (exact) mass is 304 g/mol. The lowest BCUT2D eigenvalue weighted by atomic mass is 9.94. The number of hydrogen-bond donors (Lipinski definition) is 1. The zero-order valence-electron chi connectivity index (χ0n) is 12.2. The Kier molecular flexibility index (Phi) is 3.05. The fourth-order valence-electron chi connectivity index (χ4n) is 3.39. The van der Waals surface area contributed by atoms with Gasteiger partial charge in [0, 0.05) is 11.6 Å². The quantitative estimate of drug-likeness (QED) is 0.907. The highest BCUT2D eigenvalue weighted by Gasteiger charge is 2.56. The maximum Gasteiger partial charge on any atom is 0.231 e. The van der Waals surface area contributed by atoms with Gasteiger partial charge in [0.05, 0.1) is 11.0 Å². The summed E-state index contributed by atoms with van der Waals surface area (Å²) in [6.07, 6.45) is 5.37. The minimum Gasteiger partial charge on any atom is -0.349 e. The summed E-state index contributed by atoms with van der Waals surface area (Å²) in [5.41, 5.74) is 0.695. The summed E-state index contributed by atoms with van der Waals surface area (Å²) in [7, 11) is 0. The van der Waals surface area contributed by atoms with Crippen molar-refractivity contribution in [2.45, 2.75) is 43.1 Å². The molecule has 2 aliphatic carbocycles. The van der Waals surface area contributed by atoms with E-state index in [2.05, 4.69) is 10.2 Å². The normalized spacial score (nSPS) is 25.0. The van der Waals surface area contributed by atoms with Gasteiger partial charge >= 0.3 is 0 Å². The van der Waals surface area contributed by atoms with Crippen LogP contribution in [0.2, 0.25) is 5.02 Å². The molecule has 2 saturated carbocycles. The molecule has 0 unspecified atom stereocenters. The average Bonchev–Trinajstić information content (AvgIpc) is 3.31. The van der Waals surface area contributed by atoms with Gasteiger partial charge in [-0.3, -0.25) is 4.79 Å². The number of carbonyl (C=O) groups is 1. The summed E-state index contributed by atoms with van der Waals surface area (Å²) in [6.45, 7) is 3.40. The van der Waals surface area contributed by atoms with Crippen molar-refractivity contribution in [2.24, 2.45) is 0 Å². The SMILES string of the molecule is O=C(NC1(CN2CCC2)CC1)C1(c2ccccc2Cl)CC1. The smallest absolute Gasteiger partial charge is 0.231 e. The van der Waals surface area contributed by atoms with Crippen LogP contribution in [0.25, 0.3) is 0 Å². The van der Waals surface area contributed by atoms with Crippen molar-refractivity contribution < 1.29 is 4.79 Å². The molecular formula is C17H21ClN2O. The van der Waals surface area contributed by atoms with E-state index in [-0.39, 0.29) is 16.9 Å². The first kappa shape index (κ1) is 13.6. The molecule has 4 rings (SSSR count). The lowest BCUT2D eigenvalue weighted by Crippen LogP contribution is -2.52. The Morgan fingerprint density at radius 3 is 2.43 bits per heavy atom. The van der Waals surface area contributed by atoms with Crippen molar-refractivity contribution in [3.8, 4) is 0 Å². The molecule has 1 saturated heterocycles. The Bertz CT molecular complexity index is 574. The third kappa shape index (κ3) is 2.36. The molecule has 0 atom stereocenters. The van der Waals surface area contributed by atoms with Gasteiger partial charge in [-0.1, -0.05) is 29.8 Å². The largest absolute Gasteiger partial charge is 0.349 e. The van der Waals surface area contributed by atoms with Gasteiger partial charge < -0.3 is 10.2 Å². The highest BCUT2D eigenvalue weighted by atomic mass is 35.5. The molecule has 4 heteroatoms. The van der Waals surface area contributed by atoms with E-state index in [0.717, 1.165) is 42.8 Å². The maximum absolute atomic E-state index is 12.8. The molecule has 1 amide bonds. The third-order valence-electron chi connectivity index (χ3n) is 5.28. The van der Waals surface area contributed by atoms with Crippen LogP contribution in [0.15, 0.2) is 24.3 Å². The molecule has 21 heavy (non-hydrogen) atoms. The van der Waals surface area contributed by atoms with E-state index >= 15 is 0 Å². The van der Waals surface area contributed by atoms with Gasteiger partial charge in [0.1, 0.15) is 0 Å². The minimum atomic E-state index is -0.358. The zero-order chi connectivity index (χ0) is 14.5. The van der Waals surface area contributed by atoms with Crippen LogP contribution in [0, 0.1) is 0 Å². The number of halogens is 1. The van der Waals surface area contributed by atoms with Crippen LogP contribution in [0.1, 0.15) is 37.7 Å². The molecule has 1 aromatic rings. The lowest BCUT2D eigenvalue weighted by molar-refractivity contribution is -0.124. The highest BCUT2D eigenvalue weighted by Crippen LogP contribution is 2.51. The summed E-state index contributed by atoms with van der Waals surface area (Å²) >= 11 is 6.31. The molecular weight excluding hydrogens is 284 g/mol. The molecule has 1 heterocycles. The fourth-order valence-corrected chi connectivity index (χ4v) is 3.71. The highest BCUT2D eigenvalue weighted by molar-refractivity contribution is 6.31. The van der Waals surface area contributed by atoms with Crippen molar-refractivity contribution >= 4 is 17.5 Å². The molecule has 0 radical (unpaired) electrons. The topological polar surface area (TPSA) is 32.3 Å². The van der Waals surface area contributed by atoms with Gasteiger partial charge in [-0.15, -0.1) is 0 Å². The van der Waals surface area contributed by atoms with Gasteiger partial charge in [0.15, 0.2) is 0 Å². The second-order valence-corrected chi connectivity index (χ2v) is 7.33. The Hall–Kier alpha value is -1.06. The maximum atomic E-state index is 12.8. The Morgan fingerprint density at radius 1 is 1.19 bits per heavy atom. The van der Waals surface area contributed by atoms with Crippen LogP contribution >= 0.6 is 11.6 Å². The van der Waals surface area contributed by atoms with E-state index in [1.165, 1.54) is 19.5 Å². The summed E-state index contributed by atoms with van der Waals surface area (Å²) < 4.78 is 0. The number of benzene rings is 1. The Labute approximate surface area is 130 Å². The van der Waals surface area contributed by atoms with Crippen molar-refractivity contribution in [2.75, 3.05) is 19.6 Å². The van der Waals surface area contributed by atoms with Crippen molar-refractivity contribution in [3.05, 3.63) is 34.9 Å². The van der Waals surface area contributed by atoms with Crippen LogP contribution in [-0.2, 0) is 10.2 Å². The van der Waals surface area contributed by atoms with Crippen molar-refractivity contribution in [1.82, 2.24) is 10.2 Å². The van der Waals surface area contributed by atoms with E-state index in [1.54, 1.807) is 0 Å². The average molecular weight is 305 g/mol. The van der Waals surface area contributed by atoms with E-state index in [0.29, 0.717) is 0 Å². The molecule has 112 valence electrons. The molecule has 1 N–H and O–H groups in total. The zero-order valence-corrected chi connectivity index (χ0v) is 13.0. The number of likely N-dealkylation sites (tertiary alicyclic amines) is 1. The van der Waals surface area contributed by atoms with E-state index in [4.69, 9.17) is 11.6 Å². The molecule has 3 fully saturated rings. The molecule has 1 aromatic carbocycles. The summed E-state index contributed by atoms with van der Waals surface area (Å²) in [5.74, 6) is 0.189. The molecule has 3 nitrogen and oxygen atoms in total. The van der Waals surface area contributed by atoms with Crippen LogP contribution in [0.4, 0.5) is 0 Å². The van der Waals surface area contributed by atoms with Gasteiger partial charge in [-0.05, 0) is 56.8 Å². The second kappa shape index (κ2) is 4.72. The van der Waals surface area contributed by atoms with Crippen LogP contribution < -0.4 is 5.32 Å². The van der Waals surface area contributed by atoms with E-state index in [1.807, 2.05) is 24.3 Å². The number of nitrogens with one attached hydrogen (secondary N) is 1. The number of hydrogen-bond acceptors (Lipinski definition) is 2. The molecule has 0 spiro atoms. The van der Waals surface area contributed by atoms with E-state index in [9.17, 15) is 4.79 Å². The second-order valence-electron chi connectivity index (χ2n) is 6.93. The predicted octanol–water partition coefficient (Wildman–Crippen LogP) is 2.73. The fraction of sp³-hybridized carbons (Fsp3) is 0.588. The van der Waals surface area contributed by atoms with Crippen LogP contribution in [0.3, 0.4) is 0 Å². The third-order valence-corrected chi connectivity index (χ3v) is 5.61.